The Kier molecular flexibility index (Phi) is 5.70. The van der Waals surface area contributed by atoms with Crippen LogP contribution in [0.5, 0.6) is 0 Å². The summed E-state index contributed by atoms with van der Waals surface area (Å²) in [5, 5.41) is 18.0. The van der Waals surface area contributed by atoms with Gasteiger partial charge in [0.15, 0.2) is 10.9 Å². The number of aliphatic imine (C=N–C) groups is 1. The molecule has 1 atom stereocenters. The largest absolute Gasteiger partial charge is 0.396 e. The van der Waals surface area contributed by atoms with E-state index in [-0.39, 0.29) is 12.0 Å². The van der Waals surface area contributed by atoms with Crippen molar-refractivity contribution in [1.29, 1.82) is 0 Å². The van der Waals surface area contributed by atoms with E-state index in [0.717, 1.165) is 49.2 Å². The average molecular weight is 351 g/mol. The molecule has 1 unspecified atom stereocenters. The normalized spacial score (nSPS) is 21.5. The van der Waals surface area contributed by atoms with Gasteiger partial charge in [-0.3, -0.25) is 4.40 Å². The molecule has 0 saturated carbocycles. The summed E-state index contributed by atoms with van der Waals surface area (Å²) in [5.74, 6) is 0.776. The Morgan fingerprint density at radius 2 is 2.46 bits per heavy atom. The first-order chi connectivity index (χ1) is 11.7. The average Bonchev–Trinajstić information content (AvgIpc) is 3.26. The Bertz CT molecular complexity index is 646. The molecule has 3 N–H and O–H groups in total. The molecule has 3 heterocycles. The van der Waals surface area contributed by atoms with Crippen LogP contribution in [-0.2, 0) is 11.3 Å². The van der Waals surface area contributed by atoms with E-state index in [1.54, 1.807) is 11.3 Å². The first-order valence-corrected chi connectivity index (χ1v) is 9.24. The molecule has 0 spiro atoms. The summed E-state index contributed by atoms with van der Waals surface area (Å²) in [7, 11) is 0. The zero-order valence-corrected chi connectivity index (χ0v) is 14.8. The molecule has 0 bridgehead atoms. The number of hydrogen-bond acceptors (Lipinski definition) is 5. The molecule has 0 radical (unpaired) electrons. The Labute approximate surface area is 145 Å². The van der Waals surface area contributed by atoms with E-state index in [0.29, 0.717) is 13.2 Å². The molecule has 1 aliphatic heterocycles. The second kappa shape index (κ2) is 7.96. The zero-order valence-electron chi connectivity index (χ0n) is 14.0. The lowest BCUT2D eigenvalue weighted by atomic mass is 9.84. The van der Waals surface area contributed by atoms with Crippen molar-refractivity contribution in [3.8, 4) is 0 Å². The van der Waals surface area contributed by atoms with Crippen LogP contribution >= 0.6 is 11.3 Å². The van der Waals surface area contributed by atoms with E-state index in [4.69, 9.17) is 4.74 Å². The van der Waals surface area contributed by atoms with Crippen LogP contribution in [0.3, 0.4) is 0 Å². The number of guanidine groups is 1. The molecule has 0 aromatic carbocycles. The number of ether oxygens (including phenoxy) is 1. The van der Waals surface area contributed by atoms with E-state index in [1.165, 1.54) is 0 Å². The fraction of sp³-hybridized carbons (Fsp3) is 0.625. The highest BCUT2D eigenvalue weighted by Gasteiger charge is 2.34. The van der Waals surface area contributed by atoms with Gasteiger partial charge in [-0.2, -0.15) is 0 Å². The van der Waals surface area contributed by atoms with E-state index in [2.05, 4.69) is 20.6 Å². The summed E-state index contributed by atoms with van der Waals surface area (Å²) in [6, 6.07) is 0. The van der Waals surface area contributed by atoms with Crippen LogP contribution in [0.15, 0.2) is 22.8 Å². The lowest BCUT2D eigenvalue weighted by Gasteiger charge is -2.27. The van der Waals surface area contributed by atoms with Crippen LogP contribution in [0.2, 0.25) is 0 Å². The highest BCUT2D eigenvalue weighted by atomic mass is 32.1. The number of thiazole rings is 1. The molecular weight excluding hydrogens is 326 g/mol. The Morgan fingerprint density at radius 3 is 3.17 bits per heavy atom. The van der Waals surface area contributed by atoms with Gasteiger partial charge in [-0.15, -0.1) is 11.3 Å². The fourth-order valence-electron chi connectivity index (χ4n) is 2.94. The van der Waals surface area contributed by atoms with Crippen LogP contribution in [0, 0.1) is 5.41 Å². The van der Waals surface area contributed by atoms with Crippen molar-refractivity contribution in [2.24, 2.45) is 10.4 Å². The number of nitrogens with one attached hydrogen (secondary N) is 2. The van der Waals surface area contributed by atoms with Crippen molar-refractivity contribution in [3.05, 3.63) is 23.5 Å². The maximum Gasteiger partial charge on any atom is 0.193 e. The second-order valence-electron chi connectivity index (χ2n) is 6.15. The third-order valence-electron chi connectivity index (χ3n) is 4.34. The third-order valence-corrected chi connectivity index (χ3v) is 5.12. The SMILES string of the molecule is CCNC(=NCc1cn2ccsc2n1)NCC1(CCO)CCOC1. The quantitative estimate of drug-likeness (QED) is 0.516. The van der Waals surface area contributed by atoms with Gasteiger partial charge < -0.3 is 20.5 Å². The standard InChI is InChI=1S/C16H25N5O2S/c1-2-17-14(19-11-16(3-6-22)4-7-23-12-16)18-9-13-10-21-5-8-24-15(21)20-13/h5,8,10,22H,2-4,6-7,9,11-12H2,1H3,(H2,17,18,19). The van der Waals surface area contributed by atoms with Crippen LogP contribution < -0.4 is 10.6 Å². The van der Waals surface area contributed by atoms with Gasteiger partial charge in [-0.05, 0) is 19.8 Å². The highest BCUT2D eigenvalue weighted by molar-refractivity contribution is 7.15. The first-order valence-electron chi connectivity index (χ1n) is 8.36. The second-order valence-corrected chi connectivity index (χ2v) is 7.02. The van der Waals surface area contributed by atoms with Crippen molar-refractivity contribution >= 4 is 22.3 Å². The van der Waals surface area contributed by atoms with E-state index < -0.39 is 0 Å². The van der Waals surface area contributed by atoms with Crippen molar-refractivity contribution in [3.63, 3.8) is 0 Å². The smallest absolute Gasteiger partial charge is 0.193 e. The monoisotopic (exact) mass is 351 g/mol. The highest BCUT2D eigenvalue weighted by Crippen LogP contribution is 2.31. The van der Waals surface area contributed by atoms with Gasteiger partial charge in [-0.25, -0.2) is 9.98 Å². The number of aromatic nitrogens is 2. The molecule has 24 heavy (non-hydrogen) atoms. The van der Waals surface area contributed by atoms with Gasteiger partial charge in [0.05, 0.1) is 18.8 Å². The van der Waals surface area contributed by atoms with Gasteiger partial charge >= 0.3 is 0 Å². The number of rotatable bonds is 7. The lowest BCUT2D eigenvalue weighted by molar-refractivity contribution is 0.127. The molecule has 2 aromatic heterocycles. The van der Waals surface area contributed by atoms with Crippen LogP contribution in [-0.4, -0.2) is 53.4 Å². The Hall–Kier alpha value is -1.64. The van der Waals surface area contributed by atoms with Crippen LogP contribution in [0.4, 0.5) is 0 Å². The Morgan fingerprint density at radius 1 is 1.54 bits per heavy atom. The summed E-state index contributed by atoms with van der Waals surface area (Å²) < 4.78 is 7.55. The minimum Gasteiger partial charge on any atom is -0.396 e. The molecule has 1 saturated heterocycles. The number of imidazole rings is 1. The summed E-state index contributed by atoms with van der Waals surface area (Å²) in [6.45, 7) is 5.77. The predicted octanol–water partition coefficient (Wildman–Crippen LogP) is 1.24. The van der Waals surface area contributed by atoms with Crippen LogP contribution in [0.25, 0.3) is 4.96 Å². The first kappa shape index (κ1) is 17.2. The van der Waals surface area contributed by atoms with Gasteiger partial charge in [0, 0.05) is 49.5 Å². The van der Waals surface area contributed by atoms with E-state index in [9.17, 15) is 5.11 Å². The molecule has 1 fully saturated rings. The third kappa shape index (κ3) is 4.06. The van der Waals surface area contributed by atoms with Gasteiger partial charge in [0.2, 0.25) is 0 Å². The van der Waals surface area contributed by atoms with Gasteiger partial charge in [-0.1, -0.05) is 0 Å². The number of fused-ring (bicyclic) bond motifs is 1. The predicted molar refractivity (Wildman–Crippen MR) is 95.5 cm³/mol. The molecule has 132 valence electrons. The number of hydrogen-bond donors (Lipinski definition) is 3. The fourth-order valence-corrected chi connectivity index (χ4v) is 3.66. The zero-order chi connectivity index (χ0) is 16.8. The maximum absolute atomic E-state index is 9.32. The maximum atomic E-state index is 9.32. The molecule has 0 amide bonds. The van der Waals surface area contributed by atoms with E-state index >= 15 is 0 Å². The lowest BCUT2D eigenvalue weighted by Crippen LogP contribution is -2.44. The summed E-state index contributed by atoms with van der Waals surface area (Å²) >= 11 is 1.62. The Balaban J connectivity index is 1.61. The molecule has 2 aromatic rings. The summed E-state index contributed by atoms with van der Waals surface area (Å²) in [6.07, 6.45) is 5.73. The summed E-state index contributed by atoms with van der Waals surface area (Å²) in [4.78, 5) is 10.2. The van der Waals surface area contributed by atoms with Crippen molar-refractivity contribution in [2.75, 3.05) is 32.9 Å². The van der Waals surface area contributed by atoms with Crippen molar-refractivity contribution in [2.45, 2.75) is 26.3 Å². The van der Waals surface area contributed by atoms with Crippen molar-refractivity contribution < 1.29 is 9.84 Å². The molecule has 1 aliphatic rings. The summed E-state index contributed by atoms with van der Waals surface area (Å²) in [5.41, 5.74) is 0.954. The number of nitrogens with zero attached hydrogens (tertiary/aromatic N) is 3. The topological polar surface area (TPSA) is 83.2 Å². The molecule has 0 aliphatic carbocycles. The van der Waals surface area contributed by atoms with E-state index in [1.807, 2.05) is 29.1 Å². The molecule has 8 heteroatoms. The number of aliphatic hydroxyl groups is 1. The van der Waals surface area contributed by atoms with Gasteiger partial charge in [0.25, 0.3) is 0 Å². The number of aliphatic hydroxyl groups excluding tert-OH is 1. The molecular formula is C16H25N5O2S. The van der Waals surface area contributed by atoms with Crippen molar-refractivity contribution in [1.82, 2.24) is 20.0 Å². The minimum atomic E-state index is 0.00194. The molecule has 3 rings (SSSR count). The minimum absolute atomic E-state index is 0.00194. The van der Waals surface area contributed by atoms with Crippen LogP contribution in [0.1, 0.15) is 25.5 Å². The van der Waals surface area contributed by atoms with Gasteiger partial charge in [0.1, 0.15) is 0 Å². The molecule has 7 nitrogen and oxygen atoms in total.